The van der Waals surface area contributed by atoms with Crippen LogP contribution in [0.25, 0.3) is 0 Å². The Morgan fingerprint density at radius 1 is 0.900 bits per heavy atom. The molecule has 0 heterocycles. The van der Waals surface area contributed by atoms with Gasteiger partial charge in [-0.25, -0.2) is 0 Å². The van der Waals surface area contributed by atoms with Crippen LogP contribution < -0.4 is 0 Å². The third-order valence-electron chi connectivity index (χ3n) is 4.13. The fraction of sp³-hybridized carbons (Fsp3) is 1.00. The maximum Gasteiger partial charge on any atom is -0.0354 e. The molecule has 0 nitrogen and oxygen atoms in total. The molecule has 0 bridgehead atoms. The Balaban J connectivity index is 1.76. The van der Waals surface area contributed by atoms with E-state index < -0.39 is 0 Å². The van der Waals surface area contributed by atoms with Crippen molar-refractivity contribution < 1.29 is 0 Å². The van der Waals surface area contributed by atoms with Gasteiger partial charge in [-0.3, -0.25) is 0 Å². The third-order valence-corrected chi connectivity index (χ3v) is 4.13. The van der Waals surface area contributed by atoms with Gasteiger partial charge in [0.05, 0.1) is 0 Å². The van der Waals surface area contributed by atoms with Crippen LogP contribution in [-0.2, 0) is 0 Å². The van der Waals surface area contributed by atoms with E-state index in [0.717, 1.165) is 5.92 Å². The van der Waals surface area contributed by atoms with E-state index in [9.17, 15) is 0 Å². The predicted molar refractivity (Wildman–Crippen MR) is 41.6 cm³/mol. The Hall–Kier alpha value is 0. The average molecular weight is 136 g/mol. The Bertz CT molecular complexity index is 157. The number of hydrogen-bond acceptors (Lipinski definition) is 0. The van der Waals surface area contributed by atoms with Crippen LogP contribution in [-0.4, -0.2) is 0 Å². The Labute approximate surface area is 63.0 Å². The SMILES string of the molecule is C[C@@H]1C(C2CC2)CC2C[C@H]21. The van der Waals surface area contributed by atoms with Gasteiger partial charge in [0, 0.05) is 0 Å². The van der Waals surface area contributed by atoms with Gasteiger partial charge in [-0.1, -0.05) is 6.92 Å². The monoisotopic (exact) mass is 136 g/mol. The highest BCUT2D eigenvalue weighted by molar-refractivity contribution is 5.03. The first kappa shape index (κ1) is 5.62. The molecule has 0 aromatic rings. The highest BCUT2D eigenvalue weighted by atomic mass is 14.6. The van der Waals surface area contributed by atoms with Crippen molar-refractivity contribution in [3.63, 3.8) is 0 Å². The summed E-state index contributed by atoms with van der Waals surface area (Å²) in [6, 6.07) is 0. The van der Waals surface area contributed by atoms with Gasteiger partial charge in [-0.2, -0.15) is 0 Å². The van der Waals surface area contributed by atoms with Gasteiger partial charge in [0.2, 0.25) is 0 Å². The van der Waals surface area contributed by atoms with Crippen molar-refractivity contribution in [3.05, 3.63) is 0 Å². The van der Waals surface area contributed by atoms with Crippen LogP contribution in [0.1, 0.15) is 32.6 Å². The van der Waals surface area contributed by atoms with E-state index in [1.165, 1.54) is 23.7 Å². The van der Waals surface area contributed by atoms with Crippen molar-refractivity contribution in [2.75, 3.05) is 0 Å². The van der Waals surface area contributed by atoms with Crippen molar-refractivity contribution in [1.29, 1.82) is 0 Å². The zero-order chi connectivity index (χ0) is 6.72. The Morgan fingerprint density at radius 3 is 1.90 bits per heavy atom. The molecule has 56 valence electrons. The minimum atomic E-state index is 1.11. The van der Waals surface area contributed by atoms with Gasteiger partial charge in [-0.05, 0) is 55.3 Å². The molecule has 0 saturated heterocycles. The van der Waals surface area contributed by atoms with Gasteiger partial charge >= 0.3 is 0 Å². The van der Waals surface area contributed by atoms with Gasteiger partial charge in [0.15, 0.2) is 0 Å². The number of hydrogen-bond donors (Lipinski definition) is 0. The van der Waals surface area contributed by atoms with E-state index in [2.05, 4.69) is 6.92 Å². The van der Waals surface area contributed by atoms with E-state index in [4.69, 9.17) is 0 Å². The minimum absolute atomic E-state index is 1.11. The summed E-state index contributed by atoms with van der Waals surface area (Å²) < 4.78 is 0. The van der Waals surface area contributed by atoms with Crippen LogP contribution in [0, 0.1) is 29.6 Å². The molecular weight excluding hydrogens is 120 g/mol. The lowest BCUT2D eigenvalue weighted by molar-refractivity contribution is 0.323. The molecule has 4 atom stereocenters. The molecule has 3 rings (SSSR count). The summed E-state index contributed by atoms with van der Waals surface area (Å²) >= 11 is 0. The van der Waals surface area contributed by atoms with E-state index >= 15 is 0 Å². The molecule has 0 heteroatoms. The van der Waals surface area contributed by atoms with Crippen LogP contribution in [0.15, 0.2) is 0 Å². The second-order valence-corrected chi connectivity index (χ2v) is 4.76. The summed E-state index contributed by atoms with van der Waals surface area (Å²) in [4.78, 5) is 0. The van der Waals surface area contributed by atoms with Gasteiger partial charge in [0.1, 0.15) is 0 Å². The highest BCUT2D eigenvalue weighted by Crippen LogP contribution is 2.62. The molecule has 3 fully saturated rings. The molecular formula is C10H16. The molecule has 0 N–H and O–H groups in total. The quantitative estimate of drug-likeness (QED) is 0.520. The molecule has 10 heavy (non-hydrogen) atoms. The van der Waals surface area contributed by atoms with E-state index in [-0.39, 0.29) is 0 Å². The highest BCUT2D eigenvalue weighted by Gasteiger charge is 2.54. The summed E-state index contributed by atoms with van der Waals surface area (Å²) in [7, 11) is 0. The third kappa shape index (κ3) is 0.627. The van der Waals surface area contributed by atoms with Gasteiger partial charge in [-0.15, -0.1) is 0 Å². The first-order chi connectivity index (χ1) is 4.86. The summed E-state index contributed by atoms with van der Waals surface area (Å²) in [5.74, 6) is 5.84. The summed E-state index contributed by atoms with van der Waals surface area (Å²) in [6.45, 7) is 2.50. The largest absolute Gasteiger partial charge is 0.0620 e. The van der Waals surface area contributed by atoms with Crippen molar-refractivity contribution >= 4 is 0 Å². The lowest BCUT2D eigenvalue weighted by Crippen LogP contribution is -2.10. The maximum atomic E-state index is 2.50. The summed E-state index contributed by atoms with van der Waals surface area (Å²) in [5.41, 5.74) is 0. The normalized spacial score (nSPS) is 58.5. The molecule has 0 radical (unpaired) electrons. The number of fused-ring (bicyclic) bond motifs is 1. The van der Waals surface area contributed by atoms with Crippen LogP contribution in [0.4, 0.5) is 0 Å². The summed E-state index contributed by atoms with van der Waals surface area (Å²) in [6.07, 6.45) is 6.32. The first-order valence-corrected chi connectivity index (χ1v) is 4.86. The van der Waals surface area contributed by atoms with E-state index in [1.54, 1.807) is 25.7 Å². The van der Waals surface area contributed by atoms with E-state index in [0.29, 0.717) is 0 Å². The zero-order valence-corrected chi connectivity index (χ0v) is 6.72. The standard InChI is InChI=1S/C10H16/c1-6-9(7-2-3-7)4-8-5-10(6)8/h6-10H,2-5H2,1H3/t6-,8?,9?,10+/m1/s1. The Kier molecular flexibility index (Phi) is 0.898. The van der Waals surface area contributed by atoms with Crippen molar-refractivity contribution in [2.45, 2.75) is 32.6 Å². The number of rotatable bonds is 1. The first-order valence-electron chi connectivity index (χ1n) is 4.86. The van der Waals surface area contributed by atoms with Crippen molar-refractivity contribution in [2.24, 2.45) is 29.6 Å². The molecule has 0 aromatic heterocycles. The summed E-state index contributed by atoms with van der Waals surface area (Å²) in [5, 5.41) is 0. The lowest BCUT2D eigenvalue weighted by Gasteiger charge is -2.16. The van der Waals surface area contributed by atoms with Crippen LogP contribution >= 0.6 is 0 Å². The van der Waals surface area contributed by atoms with Crippen molar-refractivity contribution in [3.8, 4) is 0 Å². The second kappa shape index (κ2) is 1.60. The molecule has 0 aliphatic heterocycles. The second-order valence-electron chi connectivity index (χ2n) is 4.76. The average Bonchev–Trinajstić information content (AvgIpc) is 2.80. The Morgan fingerprint density at radius 2 is 1.50 bits per heavy atom. The lowest BCUT2D eigenvalue weighted by atomic mass is 9.89. The molecule has 3 saturated carbocycles. The van der Waals surface area contributed by atoms with Crippen LogP contribution in [0.5, 0.6) is 0 Å². The molecule has 0 spiro atoms. The van der Waals surface area contributed by atoms with E-state index in [1.807, 2.05) is 0 Å². The molecule has 2 unspecified atom stereocenters. The van der Waals surface area contributed by atoms with Gasteiger partial charge in [0.25, 0.3) is 0 Å². The fourth-order valence-electron chi connectivity index (χ4n) is 3.21. The molecule has 3 aliphatic rings. The molecule has 0 aromatic carbocycles. The fourth-order valence-corrected chi connectivity index (χ4v) is 3.21. The molecule has 3 aliphatic carbocycles. The molecule has 0 amide bonds. The van der Waals surface area contributed by atoms with Gasteiger partial charge < -0.3 is 0 Å². The van der Waals surface area contributed by atoms with Crippen molar-refractivity contribution in [1.82, 2.24) is 0 Å². The van der Waals surface area contributed by atoms with Crippen LogP contribution in [0.2, 0.25) is 0 Å². The predicted octanol–water partition coefficient (Wildman–Crippen LogP) is 2.69. The van der Waals surface area contributed by atoms with Crippen LogP contribution in [0.3, 0.4) is 0 Å². The smallest absolute Gasteiger partial charge is 0.0354 e. The zero-order valence-electron chi connectivity index (χ0n) is 6.72. The topological polar surface area (TPSA) is 0 Å². The minimum Gasteiger partial charge on any atom is -0.0620 e. The maximum absolute atomic E-state index is 2.50.